The number of carbonyl (C=O) groups excluding carboxylic acids is 1. The minimum Gasteiger partial charge on any atom is -0.365 e. The molecule has 0 aliphatic heterocycles. The molecule has 2 heterocycles. The summed E-state index contributed by atoms with van der Waals surface area (Å²) < 4.78 is 14.8. The summed E-state index contributed by atoms with van der Waals surface area (Å²) in [5.74, 6) is -0.926. The first-order valence-electron chi connectivity index (χ1n) is 7.26. The van der Waals surface area contributed by atoms with Crippen LogP contribution in [0.15, 0.2) is 36.7 Å². The van der Waals surface area contributed by atoms with E-state index in [1.807, 2.05) is 20.8 Å². The van der Waals surface area contributed by atoms with Crippen LogP contribution in [0.1, 0.15) is 29.1 Å². The minimum atomic E-state index is -0.550. The first-order valence-corrected chi connectivity index (χ1v) is 8.07. The zero-order chi connectivity index (χ0) is 17.0. The van der Waals surface area contributed by atoms with Gasteiger partial charge < -0.3 is 11.1 Å². The molecule has 0 unspecified atom stereocenters. The number of aryl methyl sites for hydroxylation is 1. The van der Waals surface area contributed by atoms with Crippen molar-refractivity contribution >= 4 is 38.7 Å². The number of hydrogen-bond donors (Lipinski definition) is 2. The van der Waals surface area contributed by atoms with Crippen LogP contribution in [-0.2, 0) is 0 Å². The Hall–Kier alpha value is -2.47. The minimum absolute atomic E-state index is 0.305. The van der Waals surface area contributed by atoms with Crippen molar-refractivity contribution in [1.29, 1.82) is 0 Å². The number of anilines is 2. The lowest BCUT2D eigenvalue weighted by molar-refractivity contribution is 0.100. The average Bonchev–Trinajstić information content (AvgIpc) is 2.91. The van der Waals surface area contributed by atoms with Crippen molar-refractivity contribution < 1.29 is 9.18 Å². The summed E-state index contributed by atoms with van der Waals surface area (Å²) >= 11 is 1.24. The summed E-state index contributed by atoms with van der Waals surface area (Å²) in [5.41, 5.74) is 7.06. The van der Waals surface area contributed by atoms with Gasteiger partial charge in [-0.1, -0.05) is 19.9 Å². The number of nitrogens with one attached hydrogen (secondary N) is 1. The van der Waals surface area contributed by atoms with Gasteiger partial charge in [0.15, 0.2) is 0 Å². The molecule has 6 heteroatoms. The van der Waals surface area contributed by atoms with Crippen LogP contribution in [0.2, 0.25) is 0 Å². The van der Waals surface area contributed by atoms with E-state index in [1.165, 1.54) is 17.4 Å². The Balaban J connectivity index is 0.000000924. The molecule has 23 heavy (non-hydrogen) atoms. The van der Waals surface area contributed by atoms with Crippen LogP contribution in [0.4, 0.5) is 15.8 Å². The highest BCUT2D eigenvalue weighted by Gasteiger charge is 2.17. The summed E-state index contributed by atoms with van der Waals surface area (Å²) in [7, 11) is 0. The Bertz CT molecular complexity index is 845. The van der Waals surface area contributed by atoms with Gasteiger partial charge in [-0.2, -0.15) is 0 Å². The maximum Gasteiger partial charge on any atom is 0.260 e. The van der Waals surface area contributed by atoms with Gasteiger partial charge in [-0.3, -0.25) is 9.78 Å². The van der Waals surface area contributed by atoms with Gasteiger partial charge in [0, 0.05) is 17.8 Å². The monoisotopic (exact) mass is 331 g/mol. The van der Waals surface area contributed by atoms with Crippen molar-refractivity contribution in [1.82, 2.24) is 4.98 Å². The van der Waals surface area contributed by atoms with E-state index in [0.29, 0.717) is 16.3 Å². The van der Waals surface area contributed by atoms with Gasteiger partial charge in [0.05, 0.1) is 16.1 Å². The average molecular weight is 331 g/mol. The molecule has 120 valence electrons. The highest BCUT2D eigenvalue weighted by molar-refractivity contribution is 7.21. The van der Waals surface area contributed by atoms with Crippen molar-refractivity contribution in [2.75, 3.05) is 5.32 Å². The van der Waals surface area contributed by atoms with Crippen LogP contribution >= 0.6 is 11.3 Å². The SMILES string of the molecule is CC.Cc1ccc(Nc2c(C(N)=O)sc3cnccc23)c(F)c1. The van der Waals surface area contributed by atoms with Gasteiger partial charge in [0.1, 0.15) is 10.7 Å². The lowest BCUT2D eigenvalue weighted by atomic mass is 10.2. The molecule has 0 spiro atoms. The highest BCUT2D eigenvalue weighted by atomic mass is 32.1. The number of nitrogens with zero attached hydrogens (tertiary/aromatic N) is 1. The Labute approximate surface area is 138 Å². The first-order chi connectivity index (χ1) is 11.1. The maximum atomic E-state index is 14.0. The second kappa shape index (κ2) is 7.19. The van der Waals surface area contributed by atoms with Crippen molar-refractivity contribution in [3.05, 3.63) is 52.9 Å². The van der Waals surface area contributed by atoms with Crippen LogP contribution in [0.25, 0.3) is 10.1 Å². The first kappa shape index (κ1) is 16.9. The van der Waals surface area contributed by atoms with Crippen LogP contribution in [0, 0.1) is 12.7 Å². The molecule has 0 atom stereocenters. The fourth-order valence-electron chi connectivity index (χ4n) is 2.10. The van der Waals surface area contributed by atoms with Crippen LogP contribution in [0.5, 0.6) is 0 Å². The zero-order valence-electron chi connectivity index (χ0n) is 13.2. The second-order valence-corrected chi connectivity index (χ2v) is 5.70. The van der Waals surface area contributed by atoms with Gasteiger partial charge in [-0.05, 0) is 30.7 Å². The molecule has 0 aliphatic rings. The third-order valence-electron chi connectivity index (χ3n) is 3.10. The molecule has 0 aliphatic carbocycles. The molecule has 1 aromatic carbocycles. The van der Waals surface area contributed by atoms with Gasteiger partial charge in [-0.15, -0.1) is 11.3 Å². The Morgan fingerprint density at radius 3 is 2.70 bits per heavy atom. The fourth-order valence-corrected chi connectivity index (χ4v) is 3.08. The lowest BCUT2D eigenvalue weighted by Crippen LogP contribution is -2.11. The van der Waals surface area contributed by atoms with Gasteiger partial charge in [-0.25, -0.2) is 4.39 Å². The standard InChI is InChI=1S/C15H12FN3OS.C2H6/c1-8-2-3-11(10(16)6-8)19-13-9-4-5-18-7-12(9)21-14(13)15(17)20;1-2/h2-7,19H,1H3,(H2,17,20);1-2H3. The number of aromatic nitrogens is 1. The number of hydrogen-bond acceptors (Lipinski definition) is 4. The van der Waals surface area contributed by atoms with Gasteiger partial charge >= 0.3 is 0 Å². The molecule has 0 radical (unpaired) electrons. The number of rotatable bonds is 3. The van der Waals surface area contributed by atoms with E-state index < -0.39 is 5.91 Å². The van der Waals surface area contributed by atoms with Gasteiger partial charge in [0.2, 0.25) is 0 Å². The number of halogens is 1. The van der Waals surface area contributed by atoms with E-state index >= 15 is 0 Å². The van der Waals surface area contributed by atoms with Crippen LogP contribution in [0.3, 0.4) is 0 Å². The van der Waals surface area contributed by atoms with Crippen molar-refractivity contribution in [3.63, 3.8) is 0 Å². The third kappa shape index (κ3) is 3.48. The molecular weight excluding hydrogens is 313 g/mol. The molecule has 3 aromatic rings. The number of benzene rings is 1. The zero-order valence-corrected chi connectivity index (χ0v) is 14.0. The largest absolute Gasteiger partial charge is 0.365 e. The molecule has 0 fully saturated rings. The smallest absolute Gasteiger partial charge is 0.260 e. The molecular formula is C17H18FN3OS. The Kier molecular flexibility index (Phi) is 5.28. The summed E-state index contributed by atoms with van der Waals surface area (Å²) in [6.45, 7) is 5.81. The number of carbonyl (C=O) groups is 1. The maximum absolute atomic E-state index is 14.0. The lowest BCUT2D eigenvalue weighted by Gasteiger charge is -2.09. The molecule has 0 saturated heterocycles. The van der Waals surface area contributed by atoms with Crippen molar-refractivity contribution in [3.8, 4) is 0 Å². The molecule has 2 aromatic heterocycles. The quantitative estimate of drug-likeness (QED) is 0.736. The van der Waals surface area contributed by atoms with E-state index in [4.69, 9.17) is 5.73 Å². The van der Waals surface area contributed by atoms with E-state index in [1.54, 1.807) is 30.6 Å². The third-order valence-corrected chi connectivity index (χ3v) is 4.26. The number of thiophene rings is 1. The van der Waals surface area contributed by atoms with Gasteiger partial charge in [0.25, 0.3) is 5.91 Å². The highest BCUT2D eigenvalue weighted by Crippen LogP contribution is 2.37. The van der Waals surface area contributed by atoms with E-state index in [2.05, 4.69) is 10.3 Å². The van der Waals surface area contributed by atoms with E-state index in [9.17, 15) is 9.18 Å². The molecule has 4 nitrogen and oxygen atoms in total. The molecule has 3 N–H and O–H groups in total. The molecule has 3 rings (SSSR count). The predicted octanol–water partition coefficient (Wildman–Crippen LogP) is 4.61. The molecule has 0 saturated carbocycles. The predicted molar refractivity (Wildman–Crippen MR) is 93.9 cm³/mol. The topological polar surface area (TPSA) is 68.0 Å². The summed E-state index contributed by atoms with van der Waals surface area (Å²) in [4.78, 5) is 16.0. The molecule has 1 amide bonds. The fraction of sp³-hybridized carbons (Fsp3) is 0.176. The number of primary amides is 1. The second-order valence-electron chi connectivity index (χ2n) is 4.65. The Morgan fingerprint density at radius 1 is 1.30 bits per heavy atom. The van der Waals surface area contributed by atoms with Crippen molar-refractivity contribution in [2.45, 2.75) is 20.8 Å². The van der Waals surface area contributed by atoms with Crippen LogP contribution in [-0.4, -0.2) is 10.9 Å². The number of nitrogens with two attached hydrogens (primary N) is 1. The number of pyridine rings is 1. The number of fused-ring (bicyclic) bond motifs is 1. The Morgan fingerprint density at radius 2 is 2.04 bits per heavy atom. The van der Waals surface area contributed by atoms with Crippen molar-refractivity contribution in [2.24, 2.45) is 5.73 Å². The van der Waals surface area contributed by atoms with E-state index in [0.717, 1.165) is 15.6 Å². The van der Waals surface area contributed by atoms with Crippen LogP contribution < -0.4 is 11.1 Å². The summed E-state index contributed by atoms with van der Waals surface area (Å²) in [6, 6.07) is 6.64. The van der Waals surface area contributed by atoms with E-state index in [-0.39, 0.29) is 5.82 Å². The molecule has 0 bridgehead atoms. The number of amides is 1. The summed E-state index contributed by atoms with van der Waals surface area (Å²) in [5, 5.41) is 3.77. The normalized spacial score (nSPS) is 10.1. The summed E-state index contributed by atoms with van der Waals surface area (Å²) in [6.07, 6.45) is 3.28.